The normalized spacial score (nSPS) is 12.3. The van der Waals surface area contributed by atoms with Crippen molar-refractivity contribution in [3.8, 4) is 0 Å². The van der Waals surface area contributed by atoms with Gasteiger partial charge in [0.2, 0.25) is 10.0 Å². The Labute approximate surface area is 116 Å². The Morgan fingerprint density at radius 3 is 2.42 bits per heavy atom. The molecule has 0 saturated carbocycles. The lowest BCUT2D eigenvalue weighted by Gasteiger charge is -2.24. The maximum atomic E-state index is 12.4. The van der Waals surface area contributed by atoms with Gasteiger partial charge in [-0.1, -0.05) is 31.2 Å². The van der Waals surface area contributed by atoms with Crippen molar-refractivity contribution in [2.45, 2.75) is 39.1 Å². The summed E-state index contributed by atoms with van der Waals surface area (Å²) in [6.07, 6.45) is 0. The van der Waals surface area contributed by atoms with Crippen LogP contribution >= 0.6 is 0 Å². The Morgan fingerprint density at radius 1 is 1.26 bits per heavy atom. The van der Waals surface area contributed by atoms with Crippen LogP contribution in [0, 0.1) is 0 Å². The molecule has 0 atom stereocenters. The molecule has 1 rings (SSSR count). The minimum atomic E-state index is -3.24. The van der Waals surface area contributed by atoms with Crippen LogP contribution in [0.15, 0.2) is 24.3 Å². The molecule has 1 aromatic rings. The van der Waals surface area contributed by atoms with E-state index in [-0.39, 0.29) is 11.8 Å². The second kappa shape index (κ2) is 7.03. The second-order valence-electron chi connectivity index (χ2n) is 4.90. The molecule has 0 unspecified atom stereocenters. The maximum Gasteiger partial charge on any atom is 0.218 e. The third-order valence-electron chi connectivity index (χ3n) is 2.97. The summed E-state index contributed by atoms with van der Waals surface area (Å²) in [5, 5.41) is 3.07. The molecule has 0 aliphatic rings. The van der Waals surface area contributed by atoms with Crippen LogP contribution in [0.4, 0.5) is 0 Å². The van der Waals surface area contributed by atoms with Gasteiger partial charge in [-0.15, -0.1) is 0 Å². The van der Waals surface area contributed by atoms with E-state index in [4.69, 9.17) is 0 Å². The van der Waals surface area contributed by atoms with Crippen LogP contribution in [0.2, 0.25) is 0 Å². The van der Waals surface area contributed by atoms with E-state index in [1.54, 1.807) is 0 Å². The van der Waals surface area contributed by atoms with E-state index < -0.39 is 10.0 Å². The Morgan fingerprint density at radius 2 is 1.89 bits per heavy atom. The number of sulfonamides is 1. The van der Waals surface area contributed by atoms with E-state index in [0.29, 0.717) is 6.54 Å². The zero-order valence-electron chi connectivity index (χ0n) is 12.2. The van der Waals surface area contributed by atoms with Crippen molar-refractivity contribution in [3.63, 3.8) is 0 Å². The first-order valence-electron chi connectivity index (χ1n) is 6.62. The third-order valence-corrected chi connectivity index (χ3v) is 5.06. The van der Waals surface area contributed by atoms with Gasteiger partial charge < -0.3 is 5.32 Å². The van der Waals surface area contributed by atoms with Gasteiger partial charge in [-0.3, -0.25) is 0 Å². The smallest absolute Gasteiger partial charge is 0.218 e. The van der Waals surface area contributed by atoms with Crippen LogP contribution in [0.3, 0.4) is 0 Å². The fourth-order valence-corrected chi connectivity index (χ4v) is 4.01. The van der Waals surface area contributed by atoms with Gasteiger partial charge in [0.25, 0.3) is 0 Å². The van der Waals surface area contributed by atoms with Gasteiger partial charge in [-0.05, 0) is 32.0 Å². The lowest BCUT2D eigenvalue weighted by Crippen LogP contribution is -2.37. The molecule has 0 spiro atoms. The van der Waals surface area contributed by atoms with Gasteiger partial charge in [0.1, 0.15) is 0 Å². The summed E-state index contributed by atoms with van der Waals surface area (Å²) in [7, 11) is -1.37. The number of rotatable bonds is 7. The Kier molecular flexibility index (Phi) is 5.97. The van der Waals surface area contributed by atoms with Crippen molar-refractivity contribution in [2.75, 3.05) is 13.6 Å². The van der Waals surface area contributed by atoms with Crippen LogP contribution in [0.25, 0.3) is 0 Å². The van der Waals surface area contributed by atoms with E-state index in [9.17, 15) is 8.42 Å². The summed E-state index contributed by atoms with van der Waals surface area (Å²) in [6, 6.07) is 7.71. The van der Waals surface area contributed by atoms with Gasteiger partial charge in [0.15, 0.2) is 0 Å². The van der Waals surface area contributed by atoms with E-state index in [2.05, 4.69) is 5.32 Å². The predicted molar refractivity (Wildman–Crippen MR) is 79.3 cm³/mol. The Balaban J connectivity index is 2.91. The molecule has 108 valence electrons. The van der Waals surface area contributed by atoms with Crippen molar-refractivity contribution in [3.05, 3.63) is 35.4 Å². The molecule has 0 aromatic heterocycles. The average Bonchev–Trinajstić information content (AvgIpc) is 2.28. The molecule has 0 radical (unpaired) electrons. The van der Waals surface area contributed by atoms with Crippen LogP contribution in [-0.2, 0) is 22.3 Å². The molecule has 1 aromatic carbocycles. The summed E-state index contributed by atoms with van der Waals surface area (Å²) in [6.45, 7) is 6.93. The number of benzene rings is 1. The molecule has 0 saturated heterocycles. The van der Waals surface area contributed by atoms with E-state index in [1.807, 2.05) is 52.1 Å². The van der Waals surface area contributed by atoms with Crippen molar-refractivity contribution >= 4 is 10.0 Å². The van der Waals surface area contributed by atoms with Crippen molar-refractivity contribution in [2.24, 2.45) is 0 Å². The van der Waals surface area contributed by atoms with E-state index in [1.165, 1.54) is 4.31 Å². The van der Waals surface area contributed by atoms with E-state index >= 15 is 0 Å². The minimum absolute atomic E-state index is 0.00417. The third kappa shape index (κ3) is 4.60. The van der Waals surface area contributed by atoms with Crippen LogP contribution in [-0.4, -0.2) is 32.4 Å². The minimum Gasteiger partial charge on any atom is -0.316 e. The predicted octanol–water partition coefficient (Wildman–Crippen LogP) is 1.97. The fourth-order valence-electron chi connectivity index (χ4n) is 2.21. The summed E-state index contributed by atoms with van der Waals surface area (Å²) < 4.78 is 26.2. The Hall–Kier alpha value is -0.910. The highest BCUT2D eigenvalue weighted by atomic mass is 32.2. The lowest BCUT2D eigenvalue weighted by molar-refractivity contribution is 0.368. The highest BCUT2D eigenvalue weighted by Crippen LogP contribution is 2.15. The van der Waals surface area contributed by atoms with Crippen molar-refractivity contribution in [1.82, 2.24) is 9.62 Å². The summed E-state index contributed by atoms with van der Waals surface area (Å²) in [4.78, 5) is 0. The van der Waals surface area contributed by atoms with Crippen LogP contribution in [0.5, 0.6) is 0 Å². The summed E-state index contributed by atoms with van der Waals surface area (Å²) >= 11 is 0. The van der Waals surface area contributed by atoms with Crippen molar-refractivity contribution < 1.29 is 8.42 Å². The molecule has 0 aliphatic carbocycles. The van der Waals surface area contributed by atoms with Gasteiger partial charge in [0, 0.05) is 19.1 Å². The van der Waals surface area contributed by atoms with Crippen LogP contribution < -0.4 is 5.32 Å². The van der Waals surface area contributed by atoms with Gasteiger partial charge in [0.05, 0.1) is 5.75 Å². The molecule has 5 heteroatoms. The highest BCUT2D eigenvalue weighted by molar-refractivity contribution is 7.88. The number of nitrogens with zero attached hydrogens (tertiary/aromatic N) is 1. The molecule has 0 amide bonds. The quantitative estimate of drug-likeness (QED) is 0.833. The largest absolute Gasteiger partial charge is 0.316 e. The first kappa shape index (κ1) is 16.1. The second-order valence-corrected chi connectivity index (χ2v) is 6.83. The number of nitrogens with one attached hydrogen (secondary N) is 1. The molecule has 1 N–H and O–H groups in total. The zero-order chi connectivity index (χ0) is 14.5. The maximum absolute atomic E-state index is 12.4. The number of hydrogen-bond donors (Lipinski definition) is 1. The molecule has 0 bridgehead atoms. The monoisotopic (exact) mass is 284 g/mol. The molecular weight excluding hydrogens is 260 g/mol. The molecule has 0 heterocycles. The summed E-state index contributed by atoms with van der Waals surface area (Å²) in [5.74, 6) is 0.0660. The first-order chi connectivity index (χ1) is 8.90. The van der Waals surface area contributed by atoms with Gasteiger partial charge in [-0.25, -0.2) is 8.42 Å². The topological polar surface area (TPSA) is 49.4 Å². The molecule has 0 aliphatic heterocycles. The first-order valence-corrected chi connectivity index (χ1v) is 8.23. The lowest BCUT2D eigenvalue weighted by atomic mass is 10.1. The Bertz CT molecular complexity index is 498. The molecular formula is C14H24N2O2S. The highest BCUT2D eigenvalue weighted by Gasteiger charge is 2.23. The van der Waals surface area contributed by atoms with Gasteiger partial charge >= 0.3 is 0 Å². The fraction of sp³-hybridized carbons (Fsp3) is 0.571. The summed E-state index contributed by atoms with van der Waals surface area (Å²) in [5.41, 5.74) is 1.94. The van der Waals surface area contributed by atoms with Gasteiger partial charge in [-0.2, -0.15) is 4.31 Å². The van der Waals surface area contributed by atoms with Crippen molar-refractivity contribution in [1.29, 1.82) is 0 Å². The standard InChI is InChI=1S/C14H24N2O2S/c1-5-16(12(2)3)19(17,18)11-14-8-6-7-13(9-14)10-15-4/h6-9,12,15H,5,10-11H2,1-4H3. The van der Waals surface area contributed by atoms with E-state index in [0.717, 1.165) is 17.7 Å². The zero-order valence-corrected chi connectivity index (χ0v) is 13.0. The molecule has 0 fully saturated rings. The molecule has 4 nitrogen and oxygen atoms in total. The number of hydrogen-bond acceptors (Lipinski definition) is 3. The molecule has 19 heavy (non-hydrogen) atoms. The average molecular weight is 284 g/mol. The SMILES string of the molecule is CCN(C(C)C)S(=O)(=O)Cc1cccc(CNC)c1. The van der Waals surface area contributed by atoms with Crippen LogP contribution in [0.1, 0.15) is 31.9 Å².